The number of hydrogen-bond donors (Lipinski definition) is 1. The van der Waals surface area contributed by atoms with Crippen LogP contribution in [-0.4, -0.2) is 23.4 Å². The van der Waals surface area contributed by atoms with Crippen molar-refractivity contribution in [3.05, 3.63) is 39.3 Å². The highest BCUT2D eigenvalue weighted by atomic mass is 32.1. The summed E-state index contributed by atoms with van der Waals surface area (Å²) in [5.41, 5.74) is 3.89. The first kappa shape index (κ1) is 13.3. The van der Waals surface area contributed by atoms with E-state index in [4.69, 9.17) is 0 Å². The van der Waals surface area contributed by atoms with E-state index in [0.29, 0.717) is 0 Å². The van der Waals surface area contributed by atoms with Gasteiger partial charge >= 0.3 is 0 Å². The van der Waals surface area contributed by atoms with Gasteiger partial charge < -0.3 is 5.32 Å². The average Bonchev–Trinajstić information content (AvgIpc) is 2.95. The summed E-state index contributed by atoms with van der Waals surface area (Å²) in [6.07, 6.45) is 2.14. The Morgan fingerprint density at radius 2 is 2.17 bits per heavy atom. The third-order valence-electron chi connectivity index (χ3n) is 3.31. The van der Waals surface area contributed by atoms with E-state index in [-0.39, 0.29) is 0 Å². The fourth-order valence-electron chi connectivity index (χ4n) is 2.23. The maximum Gasteiger partial charge on any atom is 0.0628 e. The van der Waals surface area contributed by atoms with Crippen molar-refractivity contribution in [2.24, 2.45) is 0 Å². The van der Waals surface area contributed by atoms with Crippen molar-refractivity contribution in [2.45, 2.75) is 33.2 Å². The summed E-state index contributed by atoms with van der Waals surface area (Å²) in [5, 5.41) is 9.99. The molecular formula is C14H21N3S. The Labute approximate surface area is 113 Å². The zero-order valence-corrected chi connectivity index (χ0v) is 12.2. The Morgan fingerprint density at radius 1 is 1.33 bits per heavy atom. The SMILES string of the molecule is CNCCc1c(C)nn(CCc2cccs2)c1C. The predicted octanol–water partition coefficient (Wildman–Crippen LogP) is 2.57. The van der Waals surface area contributed by atoms with Crippen LogP contribution in [-0.2, 0) is 19.4 Å². The smallest absolute Gasteiger partial charge is 0.0628 e. The summed E-state index contributed by atoms with van der Waals surface area (Å²) in [5.74, 6) is 0. The van der Waals surface area contributed by atoms with E-state index in [1.807, 2.05) is 18.4 Å². The van der Waals surface area contributed by atoms with E-state index in [2.05, 4.69) is 46.5 Å². The Balaban J connectivity index is 2.04. The molecule has 0 aliphatic rings. The normalized spacial score (nSPS) is 11.1. The van der Waals surface area contributed by atoms with Gasteiger partial charge in [-0.1, -0.05) is 6.07 Å². The Hall–Kier alpha value is -1.13. The molecule has 3 nitrogen and oxygen atoms in total. The number of likely N-dealkylation sites (N-methyl/N-ethyl adjacent to an activating group) is 1. The van der Waals surface area contributed by atoms with Crippen LogP contribution in [0.2, 0.25) is 0 Å². The fraction of sp³-hybridized carbons (Fsp3) is 0.500. The summed E-state index contributed by atoms with van der Waals surface area (Å²) >= 11 is 1.82. The zero-order chi connectivity index (χ0) is 13.0. The molecule has 4 heteroatoms. The highest BCUT2D eigenvalue weighted by Gasteiger charge is 2.10. The van der Waals surface area contributed by atoms with Gasteiger partial charge in [0.05, 0.1) is 5.69 Å². The Bertz CT molecular complexity index is 485. The first-order chi connectivity index (χ1) is 8.72. The van der Waals surface area contributed by atoms with Crippen LogP contribution in [0.25, 0.3) is 0 Å². The summed E-state index contributed by atoms with van der Waals surface area (Å²) in [7, 11) is 1.99. The van der Waals surface area contributed by atoms with Gasteiger partial charge in [0.1, 0.15) is 0 Å². The Morgan fingerprint density at radius 3 is 2.83 bits per heavy atom. The molecule has 0 radical (unpaired) electrons. The first-order valence-corrected chi connectivity index (χ1v) is 7.30. The van der Waals surface area contributed by atoms with Gasteiger partial charge in [-0.05, 0) is 50.9 Å². The highest BCUT2D eigenvalue weighted by Crippen LogP contribution is 2.15. The van der Waals surface area contributed by atoms with Gasteiger partial charge in [0.2, 0.25) is 0 Å². The molecule has 0 atom stereocenters. The molecule has 0 aliphatic carbocycles. The highest BCUT2D eigenvalue weighted by molar-refractivity contribution is 7.09. The largest absolute Gasteiger partial charge is 0.319 e. The first-order valence-electron chi connectivity index (χ1n) is 6.42. The molecule has 98 valence electrons. The molecule has 0 aromatic carbocycles. The van der Waals surface area contributed by atoms with Crippen LogP contribution in [0.4, 0.5) is 0 Å². The van der Waals surface area contributed by atoms with Crippen LogP contribution in [0.1, 0.15) is 21.8 Å². The minimum atomic E-state index is 0.979. The van der Waals surface area contributed by atoms with Gasteiger partial charge in [-0.2, -0.15) is 5.10 Å². The molecule has 2 heterocycles. The summed E-state index contributed by atoms with van der Waals surface area (Å²) in [4.78, 5) is 1.43. The third kappa shape index (κ3) is 3.00. The molecule has 2 aromatic heterocycles. The summed E-state index contributed by atoms with van der Waals surface area (Å²) < 4.78 is 2.15. The number of nitrogens with one attached hydrogen (secondary N) is 1. The molecule has 1 N–H and O–H groups in total. The lowest BCUT2D eigenvalue weighted by molar-refractivity contribution is 0.596. The van der Waals surface area contributed by atoms with Crippen molar-refractivity contribution in [3.63, 3.8) is 0 Å². The molecule has 0 fully saturated rings. The molecule has 18 heavy (non-hydrogen) atoms. The lowest BCUT2D eigenvalue weighted by Crippen LogP contribution is -2.11. The zero-order valence-electron chi connectivity index (χ0n) is 11.4. The standard InChI is InChI=1S/C14H21N3S/c1-11-14(6-8-15-3)12(2)17(16-11)9-7-13-5-4-10-18-13/h4-5,10,15H,6-9H2,1-3H3. The summed E-state index contributed by atoms with van der Waals surface area (Å²) in [6, 6.07) is 4.30. The number of aromatic nitrogens is 2. The maximum absolute atomic E-state index is 4.66. The number of aryl methyl sites for hydroxylation is 3. The minimum absolute atomic E-state index is 0.979. The van der Waals surface area contributed by atoms with Crippen LogP contribution in [0.15, 0.2) is 17.5 Å². The molecule has 2 aromatic rings. The van der Waals surface area contributed by atoms with Crippen molar-refractivity contribution in [1.29, 1.82) is 0 Å². The second-order valence-corrected chi connectivity index (χ2v) is 5.59. The molecule has 0 unspecified atom stereocenters. The number of nitrogens with zero attached hydrogens (tertiary/aromatic N) is 2. The van der Waals surface area contributed by atoms with Gasteiger partial charge in [-0.15, -0.1) is 11.3 Å². The van der Waals surface area contributed by atoms with Crippen molar-refractivity contribution in [1.82, 2.24) is 15.1 Å². The minimum Gasteiger partial charge on any atom is -0.319 e. The Kier molecular flexibility index (Phi) is 4.55. The van der Waals surface area contributed by atoms with Gasteiger partial charge in [-0.25, -0.2) is 0 Å². The van der Waals surface area contributed by atoms with E-state index in [1.165, 1.54) is 21.8 Å². The van der Waals surface area contributed by atoms with E-state index < -0.39 is 0 Å². The molecule has 2 rings (SSSR count). The van der Waals surface area contributed by atoms with Crippen LogP contribution in [0.3, 0.4) is 0 Å². The van der Waals surface area contributed by atoms with E-state index in [1.54, 1.807) is 0 Å². The van der Waals surface area contributed by atoms with Crippen LogP contribution < -0.4 is 5.32 Å². The van der Waals surface area contributed by atoms with Crippen LogP contribution in [0, 0.1) is 13.8 Å². The molecule has 0 amide bonds. The fourth-order valence-corrected chi connectivity index (χ4v) is 2.93. The second-order valence-electron chi connectivity index (χ2n) is 4.56. The van der Waals surface area contributed by atoms with E-state index >= 15 is 0 Å². The van der Waals surface area contributed by atoms with Crippen molar-refractivity contribution in [3.8, 4) is 0 Å². The van der Waals surface area contributed by atoms with Crippen molar-refractivity contribution < 1.29 is 0 Å². The van der Waals surface area contributed by atoms with Crippen LogP contribution >= 0.6 is 11.3 Å². The molecular weight excluding hydrogens is 242 g/mol. The average molecular weight is 263 g/mol. The quantitative estimate of drug-likeness (QED) is 0.868. The number of hydrogen-bond acceptors (Lipinski definition) is 3. The predicted molar refractivity (Wildman–Crippen MR) is 77.4 cm³/mol. The van der Waals surface area contributed by atoms with Crippen LogP contribution in [0.5, 0.6) is 0 Å². The molecule has 0 bridgehead atoms. The van der Waals surface area contributed by atoms with E-state index in [9.17, 15) is 0 Å². The molecule has 0 aliphatic heterocycles. The van der Waals surface area contributed by atoms with Gasteiger partial charge in [0.25, 0.3) is 0 Å². The topological polar surface area (TPSA) is 29.9 Å². The third-order valence-corrected chi connectivity index (χ3v) is 4.24. The maximum atomic E-state index is 4.66. The molecule has 0 saturated carbocycles. The lowest BCUT2D eigenvalue weighted by Gasteiger charge is -2.04. The number of thiophene rings is 1. The van der Waals surface area contributed by atoms with Crippen molar-refractivity contribution >= 4 is 11.3 Å². The van der Waals surface area contributed by atoms with Gasteiger partial charge in [0, 0.05) is 23.5 Å². The van der Waals surface area contributed by atoms with Crippen molar-refractivity contribution in [2.75, 3.05) is 13.6 Å². The monoisotopic (exact) mass is 263 g/mol. The van der Waals surface area contributed by atoms with E-state index in [0.717, 1.165) is 25.9 Å². The molecule has 0 saturated heterocycles. The summed E-state index contributed by atoms with van der Waals surface area (Å²) in [6.45, 7) is 6.28. The van der Waals surface area contributed by atoms with Gasteiger partial charge in [0.15, 0.2) is 0 Å². The second kappa shape index (κ2) is 6.16. The number of rotatable bonds is 6. The lowest BCUT2D eigenvalue weighted by atomic mass is 10.1. The van der Waals surface area contributed by atoms with Gasteiger partial charge in [-0.3, -0.25) is 4.68 Å². The molecule has 0 spiro atoms.